The SMILES string of the molecule is N=C(NC(O)=S)c1ccccc1.NC(O)=S. The topological polar surface area (TPSA) is 102 Å². The van der Waals surface area contributed by atoms with Crippen LogP contribution in [0.3, 0.4) is 0 Å². The van der Waals surface area contributed by atoms with E-state index in [1.165, 1.54) is 0 Å². The second-order valence-electron chi connectivity index (χ2n) is 2.51. The number of nitrogens with one attached hydrogen (secondary N) is 2. The number of thiocarbonyl (C=S) groups is 2. The van der Waals surface area contributed by atoms with Crippen LogP contribution in [0.1, 0.15) is 5.56 Å². The molecule has 0 heterocycles. The minimum Gasteiger partial charge on any atom is -0.487 e. The molecule has 86 valence electrons. The Morgan fingerprint density at radius 3 is 2.00 bits per heavy atom. The Balaban J connectivity index is 0.000000487. The van der Waals surface area contributed by atoms with Gasteiger partial charge in [0.25, 0.3) is 10.3 Å². The number of nitrogens with two attached hydrogens (primary N) is 1. The van der Waals surface area contributed by atoms with E-state index >= 15 is 0 Å². The third-order valence-electron chi connectivity index (χ3n) is 1.29. The molecule has 7 heteroatoms. The molecule has 0 atom stereocenters. The molecule has 0 aliphatic rings. The van der Waals surface area contributed by atoms with Gasteiger partial charge in [0.05, 0.1) is 0 Å². The van der Waals surface area contributed by atoms with Crippen molar-refractivity contribution in [3.05, 3.63) is 35.9 Å². The summed E-state index contributed by atoms with van der Waals surface area (Å²) in [5.41, 5.74) is 5.09. The first-order chi connectivity index (χ1) is 7.43. The zero-order valence-corrected chi connectivity index (χ0v) is 9.81. The Hall–Kier alpha value is -1.73. The minimum absolute atomic E-state index is 0.100. The van der Waals surface area contributed by atoms with Crippen molar-refractivity contribution in [2.24, 2.45) is 5.73 Å². The number of benzene rings is 1. The highest BCUT2D eigenvalue weighted by atomic mass is 32.1. The van der Waals surface area contributed by atoms with Crippen LogP contribution in [0, 0.1) is 5.41 Å². The van der Waals surface area contributed by atoms with Crippen LogP contribution < -0.4 is 11.1 Å². The summed E-state index contributed by atoms with van der Waals surface area (Å²) in [7, 11) is 0. The fourth-order valence-corrected chi connectivity index (χ4v) is 0.886. The predicted molar refractivity (Wildman–Crippen MR) is 71.0 cm³/mol. The van der Waals surface area contributed by atoms with Gasteiger partial charge >= 0.3 is 0 Å². The maximum atomic E-state index is 8.66. The lowest BCUT2D eigenvalue weighted by atomic mass is 10.2. The lowest BCUT2D eigenvalue weighted by Crippen LogP contribution is -2.28. The average molecular weight is 257 g/mol. The van der Waals surface area contributed by atoms with Crippen molar-refractivity contribution < 1.29 is 10.2 Å². The summed E-state index contributed by atoms with van der Waals surface area (Å²) in [6.45, 7) is 0. The number of hydrogen-bond donors (Lipinski definition) is 5. The fourth-order valence-electron chi connectivity index (χ4n) is 0.784. The van der Waals surface area contributed by atoms with Crippen LogP contribution >= 0.6 is 24.4 Å². The first kappa shape index (κ1) is 14.3. The van der Waals surface area contributed by atoms with E-state index < -0.39 is 5.17 Å². The van der Waals surface area contributed by atoms with Gasteiger partial charge in [-0.05, 0) is 24.4 Å². The summed E-state index contributed by atoms with van der Waals surface area (Å²) < 4.78 is 0. The largest absolute Gasteiger partial charge is 0.487 e. The molecule has 0 aliphatic heterocycles. The molecule has 0 aromatic heterocycles. The molecule has 0 amide bonds. The lowest BCUT2D eigenvalue weighted by Gasteiger charge is -2.03. The van der Waals surface area contributed by atoms with Gasteiger partial charge in [0, 0.05) is 5.56 Å². The molecule has 6 N–H and O–H groups in total. The molecule has 16 heavy (non-hydrogen) atoms. The monoisotopic (exact) mass is 257 g/mol. The predicted octanol–water partition coefficient (Wildman–Crippen LogP) is 1.23. The highest BCUT2D eigenvalue weighted by molar-refractivity contribution is 7.80. The van der Waals surface area contributed by atoms with Gasteiger partial charge in [-0.2, -0.15) is 0 Å². The maximum absolute atomic E-state index is 8.66. The van der Waals surface area contributed by atoms with Gasteiger partial charge in [-0.25, -0.2) is 0 Å². The van der Waals surface area contributed by atoms with E-state index in [4.69, 9.17) is 15.6 Å². The number of aliphatic hydroxyl groups is 2. The van der Waals surface area contributed by atoms with Gasteiger partial charge in [-0.15, -0.1) is 0 Å². The summed E-state index contributed by atoms with van der Waals surface area (Å²) in [6.07, 6.45) is 0. The van der Waals surface area contributed by atoms with Gasteiger partial charge < -0.3 is 21.3 Å². The van der Waals surface area contributed by atoms with Crippen molar-refractivity contribution >= 4 is 40.6 Å². The van der Waals surface area contributed by atoms with Crippen LogP contribution in [0.4, 0.5) is 0 Å². The van der Waals surface area contributed by atoms with E-state index in [9.17, 15) is 0 Å². The molecule has 0 saturated carbocycles. The molecule has 0 aliphatic carbocycles. The molecule has 1 aromatic rings. The van der Waals surface area contributed by atoms with E-state index in [0.29, 0.717) is 5.56 Å². The lowest BCUT2D eigenvalue weighted by molar-refractivity contribution is 0.550. The molecule has 5 nitrogen and oxygen atoms in total. The summed E-state index contributed by atoms with van der Waals surface area (Å²) in [5, 5.41) is 25.1. The van der Waals surface area contributed by atoms with Crippen molar-refractivity contribution in [1.29, 1.82) is 5.41 Å². The average Bonchev–Trinajstić information content (AvgIpc) is 2.17. The van der Waals surface area contributed by atoms with Crippen molar-refractivity contribution in [3.63, 3.8) is 0 Å². The Kier molecular flexibility index (Phi) is 6.73. The van der Waals surface area contributed by atoms with E-state index in [2.05, 4.69) is 35.5 Å². The van der Waals surface area contributed by atoms with Crippen LogP contribution in [-0.4, -0.2) is 26.4 Å². The third kappa shape index (κ3) is 7.65. The van der Waals surface area contributed by atoms with E-state index in [1.54, 1.807) is 12.1 Å². The highest BCUT2D eigenvalue weighted by Crippen LogP contribution is 1.96. The summed E-state index contributed by atoms with van der Waals surface area (Å²) in [5.74, 6) is 0.100. The van der Waals surface area contributed by atoms with E-state index in [1.807, 2.05) is 18.2 Å². The second kappa shape index (κ2) is 7.55. The van der Waals surface area contributed by atoms with Crippen molar-refractivity contribution in [2.75, 3.05) is 0 Å². The van der Waals surface area contributed by atoms with Gasteiger partial charge in [-0.3, -0.25) is 5.41 Å². The molecule has 1 aromatic carbocycles. The fraction of sp³-hybridized carbons (Fsp3) is 0. The molecule has 0 spiro atoms. The van der Waals surface area contributed by atoms with Gasteiger partial charge in [0.2, 0.25) is 0 Å². The summed E-state index contributed by atoms with van der Waals surface area (Å²) in [6, 6.07) is 8.99. The van der Waals surface area contributed by atoms with Crippen molar-refractivity contribution in [1.82, 2.24) is 5.32 Å². The molecule has 0 fully saturated rings. The Morgan fingerprint density at radius 2 is 1.62 bits per heavy atom. The number of aliphatic hydroxyl groups excluding tert-OH is 2. The molecule has 1 rings (SSSR count). The molecule has 0 bridgehead atoms. The Labute approximate surface area is 103 Å². The van der Waals surface area contributed by atoms with Gasteiger partial charge in [0.1, 0.15) is 5.84 Å². The first-order valence-corrected chi connectivity index (χ1v) is 4.87. The van der Waals surface area contributed by atoms with Crippen LogP contribution in [0.15, 0.2) is 30.3 Å². The zero-order chi connectivity index (χ0) is 12.6. The van der Waals surface area contributed by atoms with Gasteiger partial charge in [-0.1, -0.05) is 30.3 Å². The summed E-state index contributed by atoms with van der Waals surface area (Å²) in [4.78, 5) is 0. The first-order valence-electron chi connectivity index (χ1n) is 4.05. The normalized spacial score (nSPS) is 8.25. The van der Waals surface area contributed by atoms with E-state index in [-0.39, 0.29) is 11.0 Å². The van der Waals surface area contributed by atoms with Crippen LogP contribution in [0.25, 0.3) is 0 Å². The standard InChI is InChI=1S/C8H8N2OS.CH3NOS/c9-7(10-8(11)12)6-4-2-1-3-5-6;2-1(3)4/h1-5H,(H3,9,10,11,12);(H3,2,3,4). The maximum Gasteiger partial charge on any atom is 0.259 e. The zero-order valence-electron chi connectivity index (χ0n) is 8.18. The van der Waals surface area contributed by atoms with E-state index in [0.717, 1.165) is 0 Å². The van der Waals surface area contributed by atoms with Crippen LogP contribution in [0.2, 0.25) is 0 Å². The highest BCUT2D eigenvalue weighted by Gasteiger charge is 1.99. The van der Waals surface area contributed by atoms with Crippen molar-refractivity contribution in [2.45, 2.75) is 0 Å². The Morgan fingerprint density at radius 1 is 1.19 bits per heavy atom. The molecule has 0 unspecified atom stereocenters. The van der Waals surface area contributed by atoms with Gasteiger partial charge in [0.15, 0.2) is 0 Å². The minimum atomic E-state index is -0.500. The number of rotatable bonds is 1. The quantitative estimate of drug-likeness (QED) is 0.295. The van der Waals surface area contributed by atoms with Crippen LogP contribution in [0.5, 0.6) is 0 Å². The smallest absolute Gasteiger partial charge is 0.259 e. The number of hydrogen-bond acceptors (Lipinski definition) is 3. The summed E-state index contributed by atoms with van der Waals surface area (Å²) >= 11 is 8.25. The number of amidine groups is 1. The third-order valence-corrected chi connectivity index (χ3v) is 1.40. The van der Waals surface area contributed by atoms with Crippen LogP contribution in [-0.2, 0) is 0 Å². The molecule has 0 radical (unpaired) electrons. The Bertz CT molecular complexity index is 378. The van der Waals surface area contributed by atoms with Crippen molar-refractivity contribution in [3.8, 4) is 0 Å². The molecular formula is C9H11N3O2S2. The molecular weight excluding hydrogens is 246 g/mol. The molecule has 0 saturated heterocycles. The second-order valence-corrected chi connectivity index (χ2v) is 3.31.